The van der Waals surface area contributed by atoms with Crippen molar-refractivity contribution < 1.29 is 0 Å². The van der Waals surface area contributed by atoms with Gasteiger partial charge in [0.2, 0.25) is 0 Å². The number of hydrogen-bond acceptors (Lipinski definition) is 1. The van der Waals surface area contributed by atoms with Crippen LogP contribution in [0.4, 0.5) is 0 Å². The largest absolute Gasteiger partial charge is 0.310 e. The summed E-state index contributed by atoms with van der Waals surface area (Å²) in [6.45, 7) is 3.14. The van der Waals surface area contributed by atoms with Crippen LogP contribution in [0.15, 0.2) is 22.7 Å². The first-order chi connectivity index (χ1) is 8.20. The van der Waals surface area contributed by atoms with Gasteiger partial charge in [0.1, 0.15) is 0 Å². The van der Waals surface area contributed by atoms with E-state index < -0.39 is 0 Å². The van der Waals surface area contributed by atoms with E-state index in [9.17, 15) is 0 Å². The van der Waals surface area contributed by atoms with E-state index in [0.29, 0.717) is 6.04 Å². The third-order valence-corrected chi connectivity index (χ3v) is 4.40. The molecule has 1 atom stereocenters. The van der Waals surface area contributed by atoms with Gasteiger partial charge in [-0.3, -0.25) is 0 Å². The molecule has 1 fully saturated rings. The molecule has 1 N–H and O–H groups in total. The van der Waals surface area contributed by atoms with Crippen LogP contribution >= 0.6 is 27.5 Å². The Morgan fingerprint density at radius 1 is 1.47 bits per heavy atom. The molecule has 1 aliphatic rings. The molecule has 1 aliphatic carbocycles. The lowest BCUT2D eigenvalue weighted by Crippen LogP contribution is -2.26. The molecule has 0 bridgehead atoms. The number of nitrogens with one attached hydrogen (secondary N) is 1. The van der Waals surface area contributed by atoms with Crippen LogP contribution in [0, 0.1) is 5.92 Å². The Morgan fingerprint density at radius 2 is 2.24 bits per heavy atom. The van der Waals surface area contributed by atoms with E-state index in [1.54, 1.807) is 0 Å². The van der Waals surface area contributed by atoms with Crippen molar-refractivity contribution in [2.45, 2.75) is 38.6 Å². The Hall–Kier alpha value is -0.0500. The van der Waals surface area contributed by atoms with Gasteiger partial charge in [-0.25, -0.2) is 0 Å². The molecule has 0 aromatic heterocycles. The quantitative estimate of drug-likeness (QED) is 0.811. The topological polar surface area (TPSA) is 12.0 Å². The molecule has 0 spiro atoms. The van der Waals surface area contributed by atoms with Crippen LogP contribution in [-0.4, -0.2) is 6.54 Å². The van der Waals surface area contributed by atoms with Gasteiger partial charge in [0.05, 0.1) is 0 Å². The summed E-state index contributed by atoms with van der Waals surface area (Å²) in [5.41, 5.74) is 1.24. The molecule has 0 saturated heterocycles. The van der Waals surface area contributed by atoms with Crippen molar-refractivity contribution in [1.82, 2.24) is 5.32 Å². The van der Waals surface area contributed by atoms with Crippen molar-refractivity contribution in [3.05, 3.63) is 33.3 Å². The zero-order valence-electron chi connectivity index (χ0n) is 10.2. The predicted octanol–water partition coefficient (Wildman–Crippen LogP) is 4.94. The van der Waals surface area contributed by atoms with Crippen molar-refractivity contribution in [1.29, 1.82) is 0 Å². The summed E-state index contributed by atoms with van der Waals surface area (Å²) in [5.74, 6) is 0.888. The van der Waals surface area contributed by atoms with E-state index in [2.05, 4.69) is 40.3 Å². The van der Waals surface area contributed by atoms with Crippen molar-refractivity contribution in [3.63, 3.8) is 0 Å². The third kappa shape index (κ3) is 3.46. The highest BCUT2D eigenvalue weighted by molar-refractivity contribution is 9.10. The first-order valence-corrected chi connectivity index (χ1v) is 7.56. The van der Waals surface area contributed by atoms with Crippen LogP contribution in [-0.2, 0) is 0 Å². The highest BCUT2D eigenvalue weighted by Crippen LogP contribution is 2.37. The molecule has 2 rings (SSSR count). The second-order valence-corrected chi connectivity index (χ2v) is 6.13. The summed E-state index contributed by atoms with van der Waals surface area (Å²) in [5, 5.41) is 4.42. The van der Waals surface area contributed by atoms with Crippen LogP contribution in [0.2, 0.25) is 5.02 Å². The number of benzene rings is 1. The van der Waals surface area contributed by atoms with Crippen LogP contribution in [0.5, 0.6) is 0 Å². The van der Waals surface area contributed by atoms with E-state index in [-0.39, 0.29) is 0 Å². The predicted molar refractivity (Wildman–Crippen MR) is 77.5 cm³/mol. The Balaban J connectivity index is 2.12. The van der Waals surface area contributed by atoms with Gasteiger partial charge in [0.15, 0.2) is 0 Å². The average molecular weight is 317 g/mol. The number of halogens is 2. The van der Waals surface area contributed by atoms with Crippen LogP contribution in [0.25, 0.3) is 0 Å². The van der Waals surface area contributed by atoms with E-state index in [1.807, 2.05) is 6.07 Å². The zero-order valence-corrected chi connectivity index (χ0v) is 12.5. The summed E-state index contributed by atoms with van der Waals surface area (Å²) in [6.07, 6.45) is 5.39. The molecule has 94 valence electrons. The van der Waals surface area contributed by atoms with E-state index >= 15 is 0 Å². The molecule has 0 heterocycles. The van der Waals surface area contributed by atoms with Crippen molar-refractivity contribution in [3.8, 4) is 0 Å². The molecule has 1 aromatic carbocycles. The van der Waals surface area contributed by atoms with Gasteiger partial charge in [0, 0.05) is 15.5 Å². The molecule has 1 unspecified atom stereocenters. The molecule has 1 nitrogen and oxygen atoms in total. The molecule has 1 saturated carbocycles. The van der Waals surface area contributed by atoms with Gasteiger partial charge in [-0.1, -0.05) is 59.8 Å². The third-order valence-electron chi connectivity index (χ3n) is 3.58. The smallest absolute Gasteiger partial charge is 0.0465 e. The van der Waals surface area contributed by atoms with Gasteiger partial charge in [-0.15, -0.1) is 0 Å². The maximum atomic E-state index is 6.33. The highest BCUT2D eigenvalue weighted by Gasteiger charge is 2.23. The minimum absolute atomic E-state index is 0.408. The maximum Gasteiger partial charge on any atom is 0.0465 e. The van der Waals surface area contributed by atoms with E-state index in [0.717, 1.165) is 22.0 Å². The Bertz CT molecular complexity index is 376. The lowest BCUT2D eigenvalue weighted by molar-refractivity contribution is 0.262. The van der Waals surface area contributed by atoms with Crippen LogP contribution < -0.4 is 5.32 Å². The molecule has 1 aromatic rings. The number of rotatable bonds is 5. The van der Waals surface area contributed by atoms with Gasteiger partial charge in [0.25, 0.3) is 0 Å². The van der Waals surface area contributed by atoms with Crippen LogP contribution in [0.3, 0.4) is 0 Å². The fourth-order valence-corrected chi connectivity index (χ4v) is 3.22. The Kier molecular flexibility index (Phi) is 4.89. The Morgan fingerprint density at radius 3 is 2.76 bits per heavy atom. The summed E-state index contributed by atoms with van der Waals surface area (Å²) in [7, 11) is 0. The van der Waals surface area contributed by atoms with Gasteiger partial charge in [-0.05, 0) is 36.6 Å². The van der Waals surface area contributed by atoms with E-state index in [4.69, 9.17) is 11.6 Å². The monoisotopic (exact) mass is 315 g/mol. The normalized spacial score (nSPS) is 17.8. The van der Waals surface area contributed by atoms with Crippen LogP contribution in [0.1, 0.15) is 44.2 Å². The molecular weight excluding hydrogens is 298 g/mol. The zero-order chi connectivity index (χ0) is 12.3. The molecule has 0 radical (unpaired) electrons. The minimum Gasteiger partial charge on any atom is -0.310 e. The van der Waals surface area contributed by atoms with Crippen molar-refractivity contribution in [2.75, 3.05) is 6.54 Å². The maximum absolute atomic E-state index is 6.33. The molecular formula is C14H19BrClN. The standard InChI is InChI=1S/C14H19BrClN/c1-2-17-14(8-10-4-3-5-10)12-7-6-11(15)9-13(12)16/h6-7,9-10,14,17H,2-5,8H2,1H3. The van der Waals surface area contributed by atoms with E-state index in [1.165, 1.54) is 31.2 Å². The minimum atomic E-state index is 0.408. The second-order valence-electron chi connectivity index (χ2n) is 4.81. The second kappa shape index (κ2) is 6.21. The fraction of sp³-hybridized carbons (Fsp3) is 0.571. The van der Waals surface area contributed by atoms with Gasteiger partial charge in [-0.2, -0.15) is 0 Å². The lowest BCUT2D eigenvalue weighted by Gasteiger charge is -2.30. The first kappa shape index (κ1) is 13.4. The highest BCUT2D eigenvalue weighted by atomic mass is 79.9. The summed E-state index contributed by atoms with van der Waals surface area (Å²) < 4.78 is 1.05. The Labute approximate surface area is 117 Å². The summed E-state index contributed by atoms with van der Waals surface area (Å²) >= 11 is 9.79. The molecule has 0 amide bonds. The van der Waals surface area contributed by atoms with Gasteiger partial charge < -0.3 is 5.32 Å². The lowest BCUT2D eigenvalue weighted by atomic mass is 9.79. The van der Waals surface area contributed by atoms with Crippen molar-refractivity contribution >= 4 is 27.5 Å². The fourth-order valence-electron chi connectivity index (χ4n) is 2.41. The number of hydrogen-bond donors (Lipinski definition) is 1. The summed E-state index contributed by atoms with van der Waals surface area (Å²) in [6, 6.07) is 6.61. The average Bonchev–Trinajstić information content (AvgIpc) is 2.22. The molecule has 3 heteroatoms. The van der Waals surface area contributed by atoms with Crippen molar-refractivity contribution in [2.24, 2.45) is 5.92 Å². The SMILES string of the molecule is CCNC(CC1CCC1)c1ccc(Br)cc1Cl. The molecule has 0 aliphatic heterocycles. The molecule has 17 heavy (non-hydrogen) atoms. The van der Waals surface area contributed by atoms with Gasteiger partial charge >= 0.3 is 0 Å². The first-order valence-electron chi connectivity index (χ1n) is 6.39. The summed E-state index contributed by atoms with van der Waals surface area (Å²) in [4.78, 5) is 0.